The third-order valence-corrected chi connectivity index (χ3v) is 5.43. The molecule has 34 heavy (non-hydrogen) atoms. The first kappa shape index (κ1) is 25.0. The number of nitrogens with one attached hydrogen (secondary N) is 2. The molecule has 1 atom stereocenters. The van der Waals surface area contributed by atoms with Crippen LogP contribution >= 0.6 is 0 Å². The Kier molecular flexibility index (Phi) is 8.04. The van der Waals surface area contributed by atoms with Crippen LogP contribution in [-0.2, 0) is 9.53 Å². The summed E-state index contributed by atoms with van der Waals surface area (Å²) in [4.78, 5) is 39.7. The van der Waals surface area contributed by atoms with E-state index in [0.717, 1.165) is 6.42 Å². The van der Waals surface area contributed by atoms with Gasteiger partial charge in [0.05, 0.1) is 23.8 Å². The van der Waals surface area contributed by atoms with E-state index in [1.54, 1.807) is 42.2 Å². The van der Waals surface area contributed by atoms with E-state index in [1.165, 1.54) is 18.2 Å². The first-order valence-electron chi connectivity index (χ1n) is 11.3. The average Bonchev–Trinajstić information content (AvgIpc) is 2.80. The van der Waals surface area contributed by atoms with Crippen LogP contribution in [0.2, 0.25) is 0 Å². The molecule has 8 heteroatoms. The Balaban J connectivity index is 1.87. The molecule has 0 aromatic heterocycles. The number of benzene rings is 2. The number of nitrogens with zero attached hydrogens (tertiary/aromatic N) is 1. The number of esters is 1. The maximum Gasteiger partial charge on any atom is 0.338 e. The van der Waals surface area contributed by atoms with Gasteiger partial charge in [0.2, 0.25) is 0 Å². The Bertz CT molecular complexity index is 1100. The second kappa shape index (κ2) is 11.0. The molecule has 1 unspecified atom stereocenters. The number of ether oxygens (including phenoxy) is 1. The summed E-state index contributed by atoms with van der Waals surface area (Å²) in [7, 11) is 0. The quantitative estimate of drug-likeness (QED) is 0.533. The first-order chi connectivity index (χ1) is 16.2. The maximum atomic E-state index is 13.9. The van der Waals surface area contributed by atoms with Gasteiger partial charge in [0.15, 0.2) is 0 Å². The predicted molar refractivity (Wildman–Crippen MR) is 128 cm³/mol. The molecule has 0 saturated carbocycles. The fourth-order valence-corrected chi connectivity index (χ4v) is 3.71. The molecule has 0 saturated heterocycles. The van der Waals surface area contributed by atoms with E-state index in [-0.39, 0.29) is 24.1 Å². The van der Waals surface area contributed by atoms with Crippen LogP contribution in [-0.4, -0.2) is 36.0 Å². The van der Waals surface area contributed by atoms with Gasteiger partial charge in [0, 0.05) is 17.9 Å². The largest absolute Gasteiger partial charge is 0.462 e. The summed E-state index contributed by atoms with van der Waals surface area (Å²) in [5, 5.41) is 5.56. The van der Waals surface area contributed by atoms with Crippen molar-refractivity contribution in [1.82, 2.24) is 10.2 Å². The summed E-state index contributed by atoms with van der Waals surface area (Å²) >= 11 is 0. The number of halogens is 1. The van der Waals surface area contributed by atoms with E-state index in [2.05, 4.69) is 10.6 Å². The highest BCUT2D eigenvalue weighted by Gasteiger charge is 2.36. The van der Waals surface area contributed by atoms with Crippen LogP contribution in [0.15, 0.2) is 59.8 Å². The molecular formula is C26H30FN3O4. The van der Waals surface area contributed by atoms with Crippen molar-refractivity contribution in [2.24, 2.45) is 5.92 Å². The SMILES string of the molecule is CCCN1C(=O)NC(c2ccc(NC(=O)c3ccccc3F)cc2)C(C(=O)OCC(C)C)=C1C. The molecule has 0 bridgehead atoms. The number of anilines is 1. The normalized spacial score (nSPS) is 15.9. The van der Waals surface area contributed by atoms with Crippen LogP contribution in [0.25, 0.3) is 0 Å². The molecule has 2 aromatic rings. The Morgan fingerprint density at radius 1 is 1.15 bits per heavy atom. The van der Waals surface area contributed by atoms with Gasteiger partial charge in [0.25, 0.3) is 5.91 Å². The fourth-order valence-electron chi connectivity index (χ4n) is 3.71. The number of amides is 3. The van der Waals surface area contributed by atoms with Gasteiger partial charge in [-0.3, -0.25) is 9.69 Å². The van der Waals surface area contributed by atoms with Gasteiger partial charge in [-0.15, -0.1) is 0 Å². The minimum absolute atomic E-state index is 0.0594. The smallest absolute Gasteiger partial charge is 0.338 e. The summed E-state index contributed by atoms with van der Waals surface area (Å²) in [5.74, 6) is -1.48. The van der Waals surface area contributed by atoms with Crippen molar-refractivity contribution in [3.8, 4) is 0 Å². The van der Waals surface area contributed by atoms with Crippen molar-refractivity contribution in [3.05, 3.63) is 76.7 Å². The molecule has 1 aliphatic heterocycles. The van der Waals surface area contributed by atoms with Crippen LogP contribution in [0.4, 0.5) is 14.9 Å². The first-order valence-corrected chi connectivity index (χ1v) is 11.3. The van der Waals surface area contributed by atoms with E-state index in [1.807, 2.05) is 20.8 Å². The lowest BCUT2D eigenvalue weighted by atomic mass is 9.94. The topological polar surface area (TPSA) is 87.7 Å². The van der Waals surface area contributed by atoms with Crippen molar-refractivity contribution >= 4 is 23.6 Å². The zero-order chi connectivity index (χ0) is 24.8. The molecule has 0 fully saturated rings. The molecule has 2 aromatic carbocycles. The van der Waals surface area contributed by atoms with Crippen LogP contribution in [0.3, 0.4) is 0 Å². The van der Waals surface area contributed by atoms with Crippen molar-refractivity contribution in [2.45, 2.75) is 40.2 Å². The van der Waals surface area contributed by atoms with Crippen LogP contribution in [0.1, 0.15) is 56.1 Å². The Morgan fingerprint density at radius 3 is 2.44 bits per heavy atom. The van der Waals surface area contributed by atoms with Crippen molar-refractivity contribution in [2.75, 3.05) is 18.5 Å². The molecule has 3 amide bonds. The summed E-state index contributed by atoms with van der Waals surface area (Å²) < 4.78 is 19.4. The summed E-state index contributed by atoms with van der Waals surface area (Å²) in [5.41, 5.74) is 1.98. The predicted octanol–water partition coefficient (Wildman–Crippen LogP) is 5.03. The second-order valence-corrected chi connectivity index (χ2v) is 8.58. The van der Waals surface area contributed by atoms with Gasteiger partial charge in [-0.2, -0.15) is 0 Å². The van der Waals surface area contributed by atoms with Crippen LogP contribution in [0.5, 0.6) is 0 Å². The molecule has 1 aliphatic rings. The van der Waals surface area contributed by atoms with Crippen LogP contribution in [0, 0.1) is 11.7 Å². The highest BCUT2D eigenvalue weighted by Crippen LogP contribution is 2.32. The van der Waals surface area contributed by atoms with Gasteiger partial charge < -0.3 is 15.4 Å². The van der Waals surface area contributed by atoms with Gasteiger partial charge >= 0.3 is 12.0 Å². The van der Waals surface area contributed by atoms with Crippen molar-refractivity contribution < 1.29 is 23.5 Å². The van der Waals surface area contributed by atoms with Crippen LogP contribution < -0.4 is 10.6 Å². The molecule has 0 radical (unpaired) electrons. The van der Waals surface area contributed by atoms with Crippen molar-refractivity contribution in [3.63, 3.8) is 0 Å². The Labute approximate surface area is 199 Å². The molecule has 0 aliphatic carbocycles. The fraction of sp³-hybridized carbons (Fsp3) is 0.346. The highest BCUT2D eigenvalue weighted by atomic mass is 19.1. The molecular weight excluding hydrogens is 437 g/mol. The summed E-state index contributed by atoms with van der Waals surface area (Å²) in [6.07, 6.45) is 0.736. The molecule has 7 nitrogen and oxygen atoms in total. The van der Waals surface area contributed by atoms with Gasteiger partial charge in [0.1, 0.15) is 5.82 Å². The number of carbonyl (C=O) groups is 3. The molecule has 2 N–H and O–H groups in total. The number of urea groups is 1. The number of hydrogen-bond acceptors (Lipinski definition) is 4. The number of allylic oxidation sites excluding steroid dienone is 1. The maximum absolute atomic E-state index is 13.9. The minimum atomic E-state index is -0.698. The second-order valence-electron chi connectivity index (χ2n) is 8.58. The lowest BCUT2D eigenvalue weighted by molar-refractivity contribution is -0.140. The van der Waals surface area contributed by atoms with Gasteiger partial charge in [-0.05, 0) is 49.1 Å². The minimum Gasteiger partial charge on any atom is -0.462 e. The van der Waals surface area contributed by atoms with E-state index in [0.29, 0.717) is 29.1 Å². The lowest BCUT2D eigenvalue weighted by Gasteiger charge is -2.35. The lowest BCUT2D eigenvalue weighted by Crippen LogP contribution is -2.48. The van der Waals surface area contributed by atoms with E-state index in [4.69, 9.17) is 4.74 Å². The van der Waals surface area contributed by atoms with Gasteiger partial charge in [-0.1, -0.05) is 45.0 Å². The van der Waals surface area contributed by atoms with E-state index < -0.39 is 23.7 Å². The monoisotopic (exact) mass is 467 g/mol. The Hall–Kier alpha value is -3.68. The molecule has 3 rings (SSSR count). The average molecular weight is 468 g/mol. The van der Waals surface area contributed by atoms with E-state index in [9.17, 15) is 18.8 Å². The highest BCUT2D eigenvalue weighted by molar-refractivity contribution is 6.04. The molecule has 180 valence electrons. The summed E-state index contributed by atoms with van der Waals surface area (Å²) in [6.45, 7) is 8.35. The third-order valence-electron chi connectivity index (χ3n) is 5.43. The standard InChI is InChI=1S/C26H30FN3O4/c1-5-14-30-17(4)22(25(32)34-15-16(2)3)23(29-26(30)33)18-10-12-19(13-11-18)28-24(31)20-8-6-7-9-21(20)27/h6-13,16,23H,5,14-15H2,1-4H3,(H,28,31)(H,29,33). The van der Waals surface area contributed by atoms with E-state index >= 15 is 0 Å². The van der Waals surface area contributed by atoms with Crippen molar-refractivity contribution in [1.29, 1.82) is 0 Å². The third kappa shape index (κ3) is 5.62. The molecule has 1 heterocycles. The molecule has 0 spiro atoms. The number of rotatable bonds is 8. The zero-order valence-electron chi connectivity index (χ0n) is 19.9. The zero-order valence-corrected chi connectivity index (χ0v) is 19.9. The van der Waals surface area contributed by atoms with Gasteiger partial charge in [-0.25, -0.2) is 14.0 Å². The number of hydrogen-bond donors (Lipinski definition) is 2. The Morgan fingerprint density at radius 2 is 1.82 bits per heavy atom. The summed E-state index contributed by atoms with van der Waals surface area (Å²) in [6, 6.07) is 11.4. The number of carbonyl (C=O) groups excluding carboxylic acids is 3.